The molecule has 0 radical (unpaired) electrons. The van der Waals surface area contributed by atoms with E-state index < -0.39 is 0 Å². The molecule has 4 aliphatic carbocycles. The van der Waals surface area contributed by atoms with Crippen molar-refractivity contribution in [1.82, 2.24) is 0 Å². The summed E-state index contributed by atoms with van der Waals surface area (Å²) in [4.78, 5) is 12.8. The summed E-state index contributed by atoms with van der Waals surface area (Å²) in [6.07, 6.45) is 36.4. The van der Waals surface area contributed by atoms with E-state index in [-0.39, 0.29) is 18.2 Å². The summed E-state index contributed by atoms with van der Waals surface area (Å²) in [6.45, 7) is 14.8. The molecule has 0 bridgehead atoms. The minimum Gasteiger partial charge on any atom is -0.462 e. The number of rotatable bonds is 20. The molecule has 3 fully saturated rings. The first kappa shape index (κ1) is 39.4. The number of allylic oxidation sites excluding steroid dienone is 4. The molecule has 0 aromatic heterocycles. The Morgan fingerprint density at radius 2 is 1.69 bits per heavy atom. The van der Waals surface area contributed by atoms with Gasteiger partial charge in [-0.25, -0.2) is 0 Å². The van der Waals surface area contributed by atoms with Crippen molar-refractivity contribution in [3.63, 3.8) is 0 Å². The van der Waals surface area contributed by atoms with E-state index in [4.69, 9.17) is 4.74 Å². The van der Waals surface area contributed by atoms with Crippen LogP contribution in [0.3, 0.4) is 0 Å². The number of unbranched alkanes of at least 4 members (excludes halogenated alkanes) is 7. The summed E-state index contributed by atoms with van der Waals surface area (Å²) in [5.41, 5.74) is 2.46. The predicted molar refractivity (Wildman–Crippen MR) is 204 cm³/mol. The van der Waals surface area contributed by atoms with E-state index in [0.717, 1.165) is 93.3 Å². The molecule has 48 heavy (non-hydrogen) atoms. The van der Waals surface area contributed by atoms with E-state index in [9.17, 15) is 9.90 Å². The Morgan fingerprint density at radius 3 is 2.48 bits per heavy atom. The van der Waals surface area contributed by atoms with Gasteiger partial charge in [-0.05, 0) is 117 Å². The minimum atomic E-state index is -0.353. The van der Waals surface area contributed by atoms with Gasteiger partial charge in [0.15, 0.2) is 0 Å². The highest BCUT2D eigenvalue weighted by atomic mass is 16.5. The van der Waals surface area contributed by atoms with Gasteiger partial charge >= 0.3 is 5.97 Å². The summed E-state index contributed by atoms with van der Waals surface area (Å²) in [7, 11) is 0. The number of aliphatic hydroxyl groups excluding tert-OH is 1. The molecule has 3 heteroatoms. The summed E-state index contributed by atoms with van der Waals surface area (Å²) in [5, 5.41) is 10.2. The predicted octanol–water partition coefficient (Wildman–Crippen LogP) is 12.7. The van der Waals surface area contributed by atoms with Gasteiger partial charge in [0.1, 0.15) is 6.10 Å². The van der Waals surface area contributed by atoms with E-state index in [1.807, 2.05) is 12.2 Å². The number of carbonyl (C=O) groups is 1. The zero-order valence-electron chi connectivity index (χ0n) is 32.3. The molecule has 0 saturated heterocycles. The fraction of sp³-hybridized carbons (Fsp3) is 0.844. The van der Waals surface area contributed by atoms with Crippen LogP contribution >= 0.6 is 0 Å². The molecule has 3 nitrogen and oxygen atoms in total. The number of hydrogen-bond acceptors (Lipinski definition) is 3. The Bertz CT molecular complexity index is 1050. The van der Waals surface area contributed by atoms with Crippen LogP contribution in [0.4, 0.5) is 0 Å². The second kappa shape index (κ2) is 19.3. The number of carbonyl (C=O) groups excluding carboxylic acids is 1. The van der Waals surface area contributed by atoms with Crippen LogP contribution in [-0.4, -0.2) is 23.3 Å². The normalized spacial score (nSPS) is 33.0. The molecule has 4 aliphatic rings. The topological polar surface area (TPSA) is 46.5 Å². The maximum atomic E-state index is 12.8. The molecule has 4 rings (SSSR count). The van der Waals surface area contributed by atoms with Crippen LogP contribution < -0.4 is 0 Å². The SMILES string of the molecule is CCCCCC=CC=C[C@@H](O)CCCCCCCC(=O)O[C@H]1CC[C@@]2(C)C(=CC[C@H]3[C@@H]4CC[C@H]([C@H](C)CCCC(C)C)[C@@]4(C)CC[C@@H]32)C1. The molecule has 1 N–H and O–H groups in total. The summed E-state index contributed by atoms with van der Waals surface area (Å²) in [5.74, 6) is 5.18. The van der Waals surface area contributed by atoms with Crippen molar-refractivity contribution in [2.75, 3.05) is 0 Å². The maximum Gasteiger partial charge on any atom is 0.306 e. The lowest BCUT2D eigenvalue weighted by Gasteiger charge is -2.58. The second-order valence-corrected chi connectivity index (χ2v) is 17.8. The molecule has 0 aromatic carbocycles. The van der Waals surface area contributed by atoms with Crippen molar-refractivity contribution >= 4 is 5.97 Å². The summed E-state index contributed by atoms with van der Waals surface area (Å²) >= 11 is 0. The van der Waals surface area contributed by atoms with E-state index in [2.05, 4.69) is 59.8 Å². The lowest BCUT2D eigenvalue weighted by atomic mass is 9.47. The quantitative estimate of drug-likeness (QED) is 0.0610. The molecule has 9 atom stereocenters. The first-order valence-corrected chi connectivity index (χ1v) is 21.0. The number of esters is 1. The molecule has 3 saturated carbocycles. The van der Waals surface area contributed by atoms with Crippen LogP contribution in [0.15, 0.2) is 36.0 Å². The van der Waals surface area contributed by atoms with Crippen LogP contribution in [0.2, 0.25) is 0 Å². The van der Waals surface area contributed by atoms with E-state index in [1.54, 1.807) is 5.57 Å². The number of hydrogen-bond donors (Lipinski definition) is 1. The van der Waals surface area contributed by atoms with E-state index >= 15 is 0 Å². The molecule has 0 aromatic rings. The Hall–Kier alpha value is -1.35. The van der Waals surface area contributed by atoms with Gasteiger partial charge in [-0.1, -0.05) is 135 Å². The van der Waals surface area contributed by atoms with Crippen LogP contribution in [0.1, 0.15) is 183 Å². The Labute approximate surface area is 297 Å². The second-order valence-electron chi connectivity index (χ2n) is 17.8. The van der Waals surface area contributed by atoms with Crippen molar-refractivity contribution in [2.45, 2.75) is 195 Å². The fourth-order valence-corrected chi connectivity index (χ4v) is 11.1. The van der Waals surface area contributed by atoms with Gasteiger partial charge in [0.2, 0.25) is 0 Å². The summed E-state index contributed by atoms with van der Waals surface area (Å²) < 4.78 is 6.10. The molecule has 0 heterocycles. The van der Waals surface area contributed by atoms with Crippen molar-refractivity contribution in [3.05, 3.63) is 36.0 Å². The van der Waals surface area contributed by atoms with Gasteiger partial charge in [0.05, 0.1) is 6.10 Å². The first-order chi connectivity index (χ1) is 23.1. The Balaban J connectivity index is 1.13. The molecule has 0 unspecified atom stereocenters. The monoisotopic (exact) mass is 665 g/mol. The zero-order chi connectivity index (χ0) is 34.6. The van der Waals surface area contributed by atoms with E-state index in [0.29, 0.717) is 17.3 Å². The fourth-order valence-electron chi connectivity index (χ4n) is 11.1. The Morgan fingerprint density at radius 1 is 0.896 bits per heavy atom. The summed E-state index contributed by atoms with van der Waals surface area (Å²) in [6, 6.07) is 0. The lowest BCUT2D eigenvalue weighted by Crippen LogP contribution is -2.51. The molecular weight excluding hydrogens is 588 g/mol. The van der Waals surface area contributed by atoms with Crippen molar-refractivity contribution in [2.24, 2.45) is 46.3 Å². The minimum absolute atomic E-state index is 0.00846. The van der Waals surface area contributed by atoms with Gasteiger partial charge < -0.3 is 9.84 Å². The third kappa shape index (κ3) is 10.6. The molecular formula is C45H76O3. The third-order valence-corrected chi connectivity index (χ3v) is 14.0. The largest absolute Gasteiger partial charge is 0.462 e. The van der Waals surface area contributed by atoms with Gasteiger partial charge in [-0.15, -0.1) is 0 Å². The van der Waals surface area contributed by atoms with Crippen LogP contribution in [0.5, 0.6) is 0 Å². The lowest BCUT2D eigenvalue weighted by molar-refractivity contribution is -0.151. The standard InChI is InChI=1S/C45H76O3/c1-7-8-9-10-11-13-16-22-37(46)23-17-14-12-15-18-24-43(47)48-38-29-31-44(5)36(33-38)25-26-39-41-28-27-40(35(4)21-19-20-34(2)3)45(41,6)32-30-42(39)44/h11,13,16,22,25,34-35,37-42,46H,7-10,12,14-15,17-21,23-24,26-33H2,1-6H3/t35-,37-,38+,39+,40-,41+,42+,44+,45-/m1/s1. The number of fused-ring (bicyclic) bond motifs is 5. The molecule has 274 valence electrons. The van der Waals surface area contributed by atoms with Crippen molar-refractivity contribution in [1.29, 1.82) is 0 Å². The van der Waals surface area contributed by atoms with Crippen LogP contribution in [0, 0.1) is 46.3 Å². The molecule has 0 aliphatic heterocycles. The highest BCUT2D eigenvalue weighted by Crippen LogP contribution is 2.67. The third-order valence-electron chi connectivity index (χ3n) is 14.0. The highest BCUT2D eigenvalue weighted by Gasteiger charge is 2.59. The highest BCUT2D eigenvalue weighted by molar-refractivity contribution is 5.69. The first-order valence-electron chi connectivity index (χ1n) is 21.0. The van der Waals surface area contributed by atoms with Gasteiger partial charge in [-0.2, -0.15) is 0 Å². The molecule has 0 amide bonds. The van der Waals surface area contributed by atoms with Gasteiger partial charge in [-0.3, -0.25) is 4.79 Å². The number of ether oxygens (including phenoxy) is 1. The van der Waals surface area contributed by atoms with Gasteiger partial charge in [0.25, 0.3) is 0 Å². The maximum absolute atomic E-state index is 12.8. The zero-order valence-corrected chi connectivity index (χ0v) is 32.3. The number of aliphatic hydroxyl groups is 1. The van der Waals surface area contributed by atoms with Crippen LogP contribution in [-0.2, 0) is 9.53 Å². The van der Waals surface area contributed by atoms with Crippen molar-refractivity contribution in [3.8, 4) is 0 Å². The molecule has 0 spiro atoms. The van der Waals surface area contributed by atoms with E-state index in [1.165, 1.54) is 77.0 Å². The average molecular weight is 665 g/mol. The Kier molecular flexibility index (Phi) is 15.9. The van der Waals surface area contributed by atoms with Crippen LogP contribution in [0.25, 0.3) is 0 Å². The average Bonchev–Trinajstić information content (AvgIpc) is 3.41. The van der Waals surface area contributed by atoms with Crippen molar-refractivity contribution < 1.29 is 14.6 Å². The smallest absolute Gasteiger partial charge is 0.306 e. The van der Waals surface area contributed by atoms with Gasteiger partial charge in [0, 0.05) is 12.8 Å².